The van der Waals surface area contributed by atoms with E-state index in [1.165, 1.54) is 12.3 Å². The van der Waals surface area contributed by atoms with Crippen molar-refractivity contribution >= 4 is 7.60 Å². The van der Waals surface area contributed by atoms with E-state index in [2.05, 4.69) is 11.6 Å². The van der Waals surface area contributed by atoms with Crippen LogP contribution in [0.25, 0.3) is 0 Å². The molecule has 1 heterocycles. The van der Waals surface area contributed by atoms with E-state index in [0.717, 1.165) is 0 Å². The topological polar surface area (TPSA) is 96.3 Å². The number of rotatable bonds is 3. The average Bonchev–Trinajstić information content (AvgIpc) is 2.15. The summed E-state index contributed by atoms with van der Waals surface area (Å²) in [4.78, 5) is 24.8. The molecule has 76 valence electrons. The Labute approximate surface area is 138 Å². The van der Waals surface area contributed by atoms with Gasteiger partial charge >= 0.3 is 59.1 Å². The molecule has 0 radical (unpaired) electrons. The Bertz CT molecular complexity index is 381. The van der Waals surface area contributed by atoms with Gasteiger partial charge in [-0.2, -0.15) is 0 Å². The molecule has 0 amide bonds. The van der Waals surface area contributed by atoms with E-state index < -0.39 is 19.0 Å². The molecule has 0 bridgehead atoms. The van der Waals surface area contributed by atoms with Crippen molar-refractivity contribution in [1.29, 1.82) is 0 Å². The molecule has 0 aromatic carbocycles. The van der Waals surface area contributed by atoms with Crippen molar-refractivity contribution in [2.24, 2.45) is 0 Å². The molecule has 0 fully saturated rings. The average molecular weight is 259 g/mol. The first-order valence-corrected chi connectivity index (χ1v) is 5.27. The number of aliphatic hydroxyl groups excluding tert-OH is 1. The number of nitrogens with zero attached hydrogens (tertiary/aromatic N) is 1. The molecule has 1 aromatic rings. The second-order valence-corrected chi connectivity index (χ2v) is 4.22. The molecule has 0 aliphatic carbocycles. The Hall–Kier alpha value is 1.000. The first-order chi connectivity index (χ1) is 6.43. The molecule has 0 aliphatic heterocycles. The maximum atomic E-state index is 10.5. The first kappa shape index (κ1) is 19.3. The molecule has 0 saturated carbocycles. The molecule has 1 aromatic heterocycles. The van der Waals surface area contributed by atoms with Crippen LogP contribution in [0.3, 0.4) is 0 Å². The normalized spacial score (nSPS) is 11.9. The van der Waals surface area contributed by atoms with E-state index in [1.54, 1.807) is 12.1 Å². The number of hydrogen-bond acceptors (Lipinski definition) is 5. The zero-order valence-electron chi connectivity index (χ0n) is 9.16. The van der Waals surface area contributed by atoms with Crippen LogP contribution in [0.2, 0.25) is 0 Å². The van der Waals surface area contributed by atoms with Crippen molar-refractivity contribution < 1.29 is 78.6 Å². The zero-order chi connectivity index (χ0) is 10.8. The minimum Gasteiger partial charge on any atom is -0.808 e. The summed E-state index contributed by atoms with van der Waals surface area (Å²) in [6, 6.07) is 4.58. The monoisotopic (exact) mass is 259 g/mol. The van der Waals surface area contributed by atoms with Crippen molar-refractivity contribution in [3.05, 3.63) is 42.0 Å². The first-order valence-electron chi connectivity index (χ1n) is 3.73. The molecule has 8 heteroatoms. The van der Waals surface area contributed by atoms with Crippen LogP contribution in [-0.2, 0) is 4.57 Å². The third-order valence-electron chi connectivity index (χ3n) is 1.64. The van der Waals surface area contributed by atoms with Gasteiger partial charge < -0.3 is 19.5 Å². The largest absolute Gasteiger partial charge is 1.00 e. The van der Waals surface area contributed by atoms with Gasteiger partial charge in [0.05, 0.1) is 5.69 Å². The van der Waals surface area contributed by atoms with E-state index in [0.29, 0.717) is 0 Å². The van der Waals surface area contributed by atoms with Crippen LogP contribution < -0.4 is 68.9 Å². The van der Waals surface area contributed by atoms with Crippen molar-refractivity contribution in [3.8, 4) is 0 Å². The quantitative estimate of drug-likeness (QED) is 0.430. The van der Waals surface area contributed by atoms with Crippen LogP contribution in [-0.4, -0.2) is 10.1 Å². The number of pyridine rings is 1. The predicted molar refractivity (Wildman–Crippen MR) is 45.9 cm³/mol. The third-order valence-corrected chi connectivity index (χ3v) is 2.58. The Morgan fingerprint density at radius 3 is 2.38 bits per heavy atom. The van der Waals surface area contributed by atoms with Crippen LogP contribution in [0, 0.1) is 0 Å². The third kappa shape index (κ3) is 5.56. The van der Waals surface area contributed by atoms with Crippen LogP contribution in [0.5, 0.6) is 0 Å². The molecule has 0 saturated heterocycles. The van der Waals surface area contributed by atoms with Crippen molar-refractivity contribution in [1.82, 2.24) is 4.98 Å². The Kier molecular flexibility index (Phi) is 9.87. The summed E-state index contributed by atoms with van der Waals surface area (Å²) in [6.07, 6.45) is -0.177. The molecule has 1 atom stereocenters. The fraction of sp³-hybridized carbons (Fsp3) is 0.125. The molecule has 0 aliphatic rings. The van der Waals surface area contributed by atoms with Crippen LogP contribution in [0.15, 0.2) is 36.3 Å². The van der Waals surface area contributed by atoms with E-state index >= 15 is 0 Å². The van der Waals surface area contributed by atoms with Crippen LogP contribution in [0.4, 0.5) is 0 Å². The van der Waals surface area contributed by atoms with Gasteiger partial charge in [-0.1, -0.05) is 12.6 Å². The van der Waals surface area contributed by atoms with Gasteiger partial charge in [0.25, 0.3) is 0 Å². The molecule has 1 N–H and O–H groups in total. The van der Waals surface area contributed by atoms with Gasteiger partial charge in [-0.05, 0) is 25.0 Å². The van der Waals surface area contributed by atoms with Gasteiger partial charge in [0, 0.05) is 6.20 Å². The van der Waals surface area contributed by atoms with Crippen LogP contribution in [0.1, 0.15) is 11.8 Å². The summed E-state index contributed by atoms with van der Waals surface area (Å²) in [5.41, 5.74) is 0.0874. The molecule has 1 rings (SSSR count). The molecule has 5 nitrogen and oxygen atoms in total. The van der Waals surface area contributed by atoms with Gasteiger partial charge in [0.15, 0.2) is 0 Å². The molecular weight excluding hydrogens is 251 g/mol. The summed E-state index contributed by atoms with van der Waals surface area (Å²) >= 11 is 0. The van der Waals surface area contributed by atoms with Crippen molar-refractivity contribution in [2.45, 2.75) is 6.10 Å². The second kappa shape index (κ2) is 8.16. The zero-order valence-corrected chi connectivity index (χ0v) is 14.1. The van der Waals surface area contributed by atoms with E-state index in [1.807, 2.05) is 0 Å². The van der Waals surface area contributed by atoms with Gasteiger partial charge in [0.2, 0.25) is 0 Å². The summed E-state index contributed by atoms with van der Waals surface area (Å²) in [5.74, 6) is 0. The summed E-state index contributed by atoms with van der Waals surface area (Å²) in [6.45, 7) is 3.02. The van der Waals surface area contributed by atoms with Gasteiger partial charge in [-0.3, -0.25) is 4.98 Å². The van der Waals surface area contributed by atoms with E-state index in [4.69, 9.17) is 0 Å². The van der Waals surface area contributed by atoms with Gasteiger partial charge in [0.1, 0.15) is 6.10 Å². The molecule has 16 heavy (non-hydrogen) atoms. The number of aliphatic hydroxyl groups is 1. The smallest absolute Gasteiger partial charge is 0.808 e. The number of hydrogen-bond donors (Lipinski definition) is 1. The fourth-order valence-electron chi connectivity index (χ4n) is 0.858. The second-order valence-electron chi connectivity index (χ2n) is 2.65. The van der Waals surface area contributed by atoms with Crippen molar-refractivity contribution in [2.75, 3.05) is 0 Å². The SMILES string of the molecule is C=C(C(O)c1ccccn1)P(=O)([O-])[O-].[Na+].[Na+]. The fourth-order valence-corrected chi connectivity index (χ4v) is 1.29. The van der Waals surface area contributed by atoms with Gasteiger partial charge in [-0.15, -0.1) is 0 Å². The summed E-state index contributed by atoms with van der Waals surface area (Å²) in [5, 5.41) is 8.62. The van der Waals surface area contributed by atoms with E-state index in [-0.39, 0.29) is 64.8 Å². The molecule has 1 unspecified atom stereocenters. The minimum atomic E-state index is -4.96. The summed E-state index contributed by atoms with van der Waals surface area (Å²) < 4.78 is 10.5. The maximum Gasteiger partial charge on any atom is 1.00 e. The Balaban J connectivity index is 0. The van der Waals surface area contributed by atoms with Gasteiger partial charge in [-0.25, -0.2) is 0 Å². The minimum absolute atomic E-state index is 0. The standard InChI is InChI=1S/C8H10NO4P.2Na/c1-6(14(11,12)13)8(10)7-4-2-3-5-9-7;;/h2-5,8,10H,1H2,(H2,11,12,13);;/q;2*+1/p-2. The van der Waals surface area contributed by atoms with Crippen molar-refractivity contribution in [3.63, 3.8) is 0 Å². The van der Waals surface area contributed by atoms with Crippen LogP contribution >= 0.6 is 7.60 Å². The predicted octanol–water partition coefficient (Wildman–Crippen LogP) is -6.45. The molecule has 0 spiro atoms. The Morgan fingerprint density at radius 1 is 1.44 bits per heavy atom. The summed E-state index contributed by atoms with van der Waals surface area (Å²) in [7, 11) is -4.96. The number of aromatic nitrogens is 1. The Morgan fingerprint density at radius 2 is 2.00 bits per heavy atom. The van der Waals surface area contributed by atoms with E-state index in [9.17, 15) is 19.5 Å². The molecular formula is C8H8NNa2O4P. The maximum absolute atomic E-state index is 10.5.